The summed E-state index contributed by atoms with van der Waals surface area (Å²) in [4.78, 5) is 0. The molecule has 4 aliphatic carbocycles. The first-order valence-corrected chi connectivity index (χ1v) is 7.62. The molecule has 88 valence electrons. The van der Waals surface area contributed by atoms with E-state index in [1.54, 1.807) is 32.1 Å². The van der Waals surface area contributed by atoms with Gasteiger partial charge in [-0.2, -0.15) is 0 Å². The zero-order valence-electron chi connectivity index (χ0n) is 10.4. The van der Waals surface area contributed by atoms with Crippen LogP contribution in [-0.4, -0.2) is 0 Å². The van der Waals surface area contributed by atoms with Crippen LogP contribution in [0, 0.1) is 23.7 Å². The molecule has 0 aliphatic heterocycles. The Balaban J connectivity index is 1.64. The normalized spacial score (nSPS) is 51.0. The van der Waals surface area contributed by atoms with E-state index in [0.717, 1.165) is 23.7 Å². The molecule has 0 aromatic heterocycles. The highest BCUT2D eigenvalue weighted by Gasteiger charge is 2.39. The van der Waals surface area contributed by atoms with Crippen molar-refractivity contribution < 1.29 is 0 Å². The minimum atomic E-state index is 1.04. The predicted molar refractivity (Wildman–Crippen MR) is 67.2 cm³/mol. The van der Waals surface area contributed by atoms with Crippen molar-refractivity contribution in [2.45, 2.75) is 64.2 Å². The van der Waals surface area contributed by atoms with Crippen LogP contribution in [0.15, 0.2) is 11.1 Å². The summed E-state index contributed by atoms with van der Waals surface area (Å²) < 4.78 is 0. The molecule has 0 saturated heterocycles. The number of hydrogen-bond acceptors (Lipinski definition) is 0. The lowest BCUT2D eigenvalue weighted by Gasteiger charge is -2.38. The van der Waals surface area contributed by atoms with Crippen molar-refractivity contribution in [3.8, 4) is 0 Å². The van der Waals surface area contributed by atoms with Gasteiger partial charge in [0.1, 0.15) is 0 Å². The molecule has 4 saturated carbocycles. The average Bonchev–Trinajstić information content (AvgIpc) is 2.91. The van der Waals surface area contributed by atoms with Crippen LogP contribution in [0.25, 0.3) is 0 Å². The van der Waals surface area contributed by atoms with E-state index in [2.05, 4.69) is 0 Å². The second kappa shape index (κ2) is 3.62. The highest BCUT2D eigenvalue weighted by molar-refractivity contribution is 5.27. The van der Waals surface area contributed by atoms with Gasteiger partial charge in [-0.1, -0.05) is 24.0 Å². The molecule has 0 radical (unpaired) electrons. The predicted octanol–water partition coefficient (Wildman–Crippen LogP) is 4.70. The second-order valence-electron chi connectivity index (χ2n) is 6.90. The van der Waals surface area contributed by atoms with E-state index >= 15 is 0 Å². The Kier molecular flexibility index (Phi) is 2.20. The van der Waals surface area contributed by atoms with E-state index in [9.17, 15) is 0 Å². The molecule has 0 nitrogen and oxygen atoms in total. The maximum absolute atomic E-state index is 1.99. The van der Waals surface area contributed by atoms with Crippen LogP contribution >= 0.6 is 0 Å². The third-order valence-electron chi connectivity index (χ3n) is 6.05. The molecule has 0 spiro atoms. The van der Waals surface area contributed by atoms with E-state index in [1.165, 1.54) is 32.1 Å². The van der Waals surface area contributed by atoms with Gasteiger partial charge in [-0.3, -0.25) is 0 Å². The van der Waals surface area contributed by atoms with Gasteiger partial charge in [-0.05, 0) is 75.0 Å². The first kappa shape index (κ1) is 9.74. The van der Waals surface area contributed by atoms with Gasteiger partial charge in [0.25, 0.3) is 0 Å². The minimum Gasteiger partial charge on any atom is -0.0676 e. The van der Waals surface area contributed by atoms with Crippen LogP contribution in [0.5, 0.6) is 0 Å². The van der Waals surface area contributed by atoms with Crippen molar-refractivity contribution in [3.63, 3.8) is 0 Å². The molecule has 0 aromatic rings. The van der Waals surface area contributed by atoms with Gasteiger partial charge in [0, 0.05) is 0 Å². The van der Waals surface area contributed by atoms with Gasteiger partial charge in [0.15, 0.2) is 0 Å². The fraction of sp³-hybridized carbons (Fsp3) is 0.875. The summed E-state index contributed by atoms with van der Waals surface area (Å²) in [5, 5.41) is 0. The van der Waals surface area contributed by atoms with E-state index in [-0.39, 0.29) is 0 Å². The van der Waals surface area contributed by atoms with Crippen LogP contribution in [0.2, 0.25) is 0 Å². The smallest absolute Gasteiger partial charge is 0.0197 e. The second-order valence-corrected chi connectivity index (χ2v) is 6.90. The van der Waals surface area contributed by atoms with Crippen LogP contribution in [-0.2, 0) is 0 Å². The Hall–Kier alpha value is -0.260. The van der Waals surface area contributed by atoms with E-state index in [1.807, 2.05) is 11.1 Å². The third kappa shape index (κ3) is 1.41. The lowest BCUT2D eigenvalue weighted by atomic mass is 9.67. The molecule has 4 fully saturated rings. The van der Waals surface area contributed by atoms with Crippen LogP contribution in [0.3, 0.4) is 0 Å². The maximum Gasteiger partial charge on any atom is -0.0197 e. The molecular weight excluding hydrogens is 192 g/mol. The quantitative estimate of drug-likeness (QED) is 0.515. The summed E-state index contributed by atoms with van der Waals surface area (Å²) in [5.74, 6) is 4.32. The first-order valence-electron chi connectivity index (χ1n) is 7.62. The molecule has 0 heteroatoms. The molecule has 4 aliphatic rings. The molecule has 0 heterocycles. The van der Waals surface area contributed by atoms with Crippen molar-refractivity contribution in [2.75, 3.05) is 0 Å². The highest BCUT2D eigenvalue weighted by Crippen LogP contribution is 2.53. The van der Waals surface area contributed by atoms with Gasteiger partial charge in [0.2, 0.25) is 0 Å². The van der Waals surface area contributed by atoms with Crippen LogP contribution < -0.4 is 0 Å². The van der Waals surface area contributed by atoms with Crippen molar-refractivity contribution in [1.82, 2.24) is 0 Å². The van der Waals surface area contributed by atoms with Gasteiger partial charge in [-0.15, -0.1) is 0 Å². The number of fused-ring (bicyclic) bond motifs is 4. The Bertz CT molecular complexity index is 325. The van der Waals surface area contributed by atoms with Crippen molar-refractivity contribution >= 4 is 0 Å². The summed E-state index contributed by atoms with van der Waals surface area (Å²) in [6.45, 7) is 0. The number of rotatable bonds is 0. The summed E-state index contributed by atoms with van der Waals surface area (Å²) >= 11 is 0. The summed E-state index contributed by atoms with van der Waals surface area (Å²) in [6, 6.07) is 0. The molecule has 4 rings (SSSR count). The van der Waals surface area contributed by atoms with Crippen molar-refractivity contribution in [2.24, 2.45) is 23.7 Å². The minimum absolute atomic E-state index is 1.04. The Morgan fingerprint density at radius 2 is 1.56 bits per heavy atom. The van der Waals surface area contributed by atoms with Gasteiger partial charge >= 0.3 is 0 Å². The molecule has 4 bridgehead atoms. The zero-order valence-corrected chi connectivity index (χ0v) is 10.4. The van der Waals surface area contributed by atoms with Crippen molar-refractivity contribution in [3.05, 3.63) is 11.1 Å². The topological polar surface area (TPSA) is 0 Å². The largest absolute Gasteiger partial charge is 0.0676 e. The zero-order chi connectivity index (χ0) is 10.5. The molecule has 4 atom stereocenters. The van der Waals surface area contributed by atoms with E-state index in [0.29, 0.717) is 0 Å². The maximum atomic E-state index is 1.99. The Labute approximate surface area is 99.5 Å². The van der Waals surface area contributed by atoms with Gasteiger partial charge < -0.3 is 0 Å². The third-order valence-corrected chi connectivity index (χ3v) is 6.05. The van der Waals surface area contributed by atoms with Crippen LogP contribution in [0.1, 0.15) is 64.2 Å². The lowest BCUT2D eigenvalue weighted by Crippen LogP contribution is -2.24. The lowest BCUT2D eigenvalue weighted by molar-refractivity contribution is 0.238. The van der Waals surface area contributed by atoms with E-state index in [4.69, 9.17) is 0 Å². The highest BCUT2D eigenvalue weighted by atomic mass is 14.4. The summed E-state index contributed by atoms with van der Waals surface area (Å²) in [7, 11) is 0. The first-order chi connectivity index (χ1) is 7.90. The summed E-state index contributed by atoms with van der Waals surface area (Å²) in [6.07, 6.45) is 15.4. The molecule has 4 unspecified atom stereocenters. The average molecular weight is 216 g/mol. The van der Waals surface area contributed by atoms with Crippen LogP contribution in [0.4, 0.5) is 0 Å². The summed E-state index contributed by atoms with van der Waals surface area (Å²) in [5.41, 5.74) is 3.98. The molecule has 0 amide bonds. The molecule has 0 N–H and O–H groups in total. The van der Waals surface area contributed by atoms with Gasteiger partial charge in [-0.25, -0.2) is 0 Å². The standard InChI is InChI=1S/C16H24/c1-2-11-5-7-15(13(3-1)8-11)16-10-12-4-6-14(16)9-12/h11-14H,1-10H2. The SMILES string of the molecule is C1CC2CCC(=C3CC4CCC3C4)C(C1)C2. The molecule has 16 heavy (non-hydrogen) atoms. The monoisotopic (exact) mass is 216 g/mol. The Morgan fingerprint density at radius 1 is 0.688 bits per heavy atom. The molecular formula is C16H24. The fourth-order valence-corrected chi connectivity index (χ4v) is 5.30. The van der Waals surface area contributed by atoms with Gasteiger partial charge in [0.05, 0.1) is 0 Å². The molecule has 0 aromatic carbocycles. The van der Waals surface area contributed by atoms with E-state index < -0.39 is 0 Å². The van der Waals surface area contributed by atoms with Crippen molar-refractivity contribution in [1.29, 1.82) is 0 Å². The number of hydrogen-bond donors (Lipinski definition) is 0. The fourth-order valence-electron chi connectivity index (χ4n) is 5.30. The number of allylic oxidation sites excluding steroid dienone is 2. The Morgan fingerprint density at radius 3 is 2.38 bits per heavy atom.